The smallest absolute Gasteiger partial charge is 0.223 e. The highest BCUT2D eigenvalue weighted by Gasteiger charge is 2.61. The molecule has 0 aliphatic carbocycles. The van der Waals surface area contributed by atoms with E-state index >= 15 is 0 Å². The molecular formula is C31H24N12S2. The molecule has 0 bridgehead atoms. The van der Waals surface area contributed by atoms with Crippen LogP contribution < -0.4 is 5.01 Å². The minimum absolute atomic E-state index is 0.408. The van der Waals surface area contributed by atoms with Gasteiger partial charge in [0, 0.05) is 41.6 Å². The number of aromatic nitrogens is 8. The number of H-pyrrole nitrogens is 1. The molecule has 4 aromatic heterocycles. The molecule has 0 saturated carbocycles. The maximum atomic E-state index is 5.42. The van der Waals surface area contributed by atoms with Crippen LogP contribution in [-0.2, 0) is 5.66 Å². The van der Waals surface area contributed by atoms with Crippen LogP contribution in [0.1, 0.15) is 23.6 Å². The number of tetrazole rings is 1. The third-order valence-corrected chi connectivity index (χ3v) is 9.53. The third kappa shape index (κ3) is 3.85. The van der Waals surface area contributed by atoms with Crippen molar-refractivity contribution in [3.05, 3.63) is 131 Å². The zero-order valence-electron chi connectivity index (χ0n) is 23.7. The van der Waals surface area contributed by atoms with Crippen molar-refractivity contribution < 1.29 is 0 Å². The van der Waals surface area contributed by atoms with Crippen molar-refractivity contribution >= 4 is 50.2 Å². The van der Waals surface area contributed by atoms with Crippen LogP contribution in [0.25, 0.3) is 22.2 Å². The molecule has 12 nitrogen and oxygen atoms in total. The second-order valence-electron chi connectivity index (χ2n) is 10.6. The summed E-state index contributed by atoms with van der Waals surface area (Å²) in [7, 11) is 0. The number of allylic oxidation sites excluding steroid dienone is 4. The van der Waals surface area contributed by atoms with Gasteiger partial charge in [-0.1, -0.05) is 47.0 Å². The largest absolute Gasteiger partial charge is 0.345 e. The van der Waals surface area contributed by atoms with E-state index in [1.165, 1.54) is 22.9 Å². The Kier molecular flexibility index (Phi) is 5.96. The van der Waals surface area contributed by atoms with E-state index in [-0.39, 0.29) is 0 Å². The van der Waals surface area contributed by atoms with Gasteiger partial charge in [0.15, 0.2) is 0 Å². The summed E-state index contributed by atoms with van der Waals surface area (Å²) in [5, 5.41) is 30.6. The number of pyridine rings is 1. The molecule has 1 aromatic carbocycles. The van der Waals surface area contributed by atoms with E-state index in [0.717, 1.165) is 58.2 Å². The molecule has 1 unspecified atom stereocenters. The lowest BCUT2D eigenvalue weighted by Gasteiger charge is -2.50. The molecule has 5 aromatic rings. The Balaban J connectivity index is 1.47. The van der Waals surface area contributed by atoms with Crippen molar-refractivity contribution in [2.75, 3.05) is 18.1 Å². The topological polar surface area (TPSA) is 119 Å². The van der Waals surface area contributed by atoms with Crippen LogP contribution in [0.2, 0.25) is 0 Å². The highest BCUT2D eigenvalue weighted by atomic mass is 32.1. The highest BCUT2D eigenvalue weighted by Crippen LogP contribution is 2.58. The number of benzene rings is 1. The van der Waals surface area contributed by atoms with Gasteiger partial charge >= 0.3 is 0 Å². The normalized spacial score (nSPS) is 20.9. The van der Waals surface area contributed by atoms with E-state index < -0.39 is 5.66 Å². The number of aromatic amines is 1. The summed E-state index contributed by atoms with van der Waals surface area (Å²) in [5.74, 6) is 0.408. The third-order valence-electron chi connectivity index (χ3n) is 8.28. The van der Waals surface area contributed by atoms with E-state index in [2.05, 4.69) is 118 Å². The van der Waals surface area contributed by atoms with Crippen LogP contribution in [0.15, 0.2) is 114 Å². The summed E-state index contributed by atoms with van der Waals surface area (Å²) in [5.41, 5.74) is 4.84. The summed E-state index contributed by atoms with van der Waals surface area (Å²) in [6.07, 6.45) is 19.8. The lowest BCUT2D eigenvalue weighted by atomic mass is 9.88. The van der Waals surface area contributed by atoms with Gasteiger partial charge in [0.2, 0.25) is 16.6 Å². The molecule has 8 heterocycles. The number of hydrazine groups is 1. The van der Waals surface area contributed by atoms with Crippen molar-refractivity contribution in [1.82, 2.24) is 55.0 Å². The molecule has 4 aliphatic heterocycles. The Morgan fingerprint density at radius 2 is 1.93 bits per heavy atom. The number of rotatable bonds is 6. The Hall–Kier alpha value is -5.47. The molecule has 0 fully saturated rings. The Morgan fingerprint density at radius 1 is 0.956 bits per heavy atom. The molecule has 0 amide bonds. The molecule has 14 heteroatoms. The van der Waals surface area contributed by atoms with E-state index in [9.17, 15) is 0 Å². The average Bonchev–Trinajstić information content (AvgIpc) is 3.93. The van der Waals surface area contributed by atoms with Crippen LogP contribution in [0.4, 0.5) is 5.13 Å². The first-order valence-corrected chi connectivity index (χ1v) is 16.1. The van der Waals surface area contributed by atoms with Gasteiger partial charge in [-0.15, -0.1) is 26.6 Å². The second-order valence-corrected chi connectivity index (χ2v) is 12.1. The Labute approximate surface area is 265 Å². The predicted octanol–water partition coefficient (Wildman–Crippen LogP) is 4.90. The quantitative estimate of drug-likeness (QED) is 0.277. The lowest BCUT2D eigenvalue weighted by molar-refractivity contribution is 0.0557. The minimum Gasteiger partial charge on any atom is -0.345 e. The number of nitrogens with one attached hydrogen (secondary N) is 1. The molecule has 0 saturated heterocycles. The number of hydrogen-bond donors (Lipinski definition) is 1. The molecular weight excluding hydrogens is 605 g/mol. The fraction of sp³-hybridized carbons (Fsp3) is 0.129. The van der Waals surface area contributed by atoms with Crippen molar-refractivity contribution in [3.63, 3.8) is 0 Å². The predicted molar refractivity (Wildman–Crippen MR) is 172 cm³/mol. The van der Waals surface area contributed by atoms with Crippen molar-refractivity contribution in [1.29, 1.82) is 0 Å². The zero-order valence-corrected chi connectivity index (χ0v) is 25.3. The van der Waals surface area contributed by atoms with Crippen molar-refractivity contribution in [2.45, 2.75) is 12.1 Å². The number of nitrogens with zero attached hydrogens (tertiary/aromatic N) is 11. The monoisotopic (exact) mass is 628 g/mol. The molecule has 1 N–H and O–H groups in total. The van der Waals surface area contributed by atoms with Gasteiger partial charge in [0.25, 0.3) is 0 Å². The van der Waals surface area contributed by atoms with Gasteiger partial charge in [-0.05, 0) is 59.7 Å². The summed E-state index contributed by atoms with van der Waals surface area (Å²) in [6.45, 7) is 1.49. The number of hydrogen-bond acceptors (Lipinski definition) is 13. The van der Waals surface area contributed by atoms with Crippen LogP contribution in [0.5, 0.6) is 0 Å². The molecule has 4 aliphatic rings. The summed E-state index contributed by atoms with van der Waals surface area (Å²) < 4.78 is 4.34. The Morgan fingerprint density at radius 3 is 2.76 bits per heavy atom. The van der Waals surface area contributed by atoms with Gasteiger partial charge in [-0.2, -0.15) is 5.21 Å². The second kappa shape index (κ2) is 10.3. The van der Waals surface area contributed by atoms with Crippen molar-refractivity contribution in [3.8, 4) is 0 Å². The summed E-state index contributed by atoms with van der Waals surface area (Å²) in [4.78, 5) is 14.9. The fourth-order valence-electron chi connectivity index (χ4n) is 6.53. The molecule has 220 valence electrons. The Bertz CT molecular complexity index is 2080. The maximum absolute atomic E-state index is 5.42. The number of para-hydroxylation sites is 1. The number of fused-ring (bicyclic) bond motifs is 2. The summed E-state index contributed by atoms with van der Waals surface area (Å²) in [6, 6.07) is 12.4. The van der Waals surface area contributed by atoms with Crippen LogP contribution in [0, 0.1) is 0 Å². The zero-order chi connectivity index (χ0) is 29.8. The standard InChI is InChI=1S/C31H24N12S2/c1-2-9-22-21(8-1)12-13-26(33-22)31(41-17-5-6-18-41)27(23-20-45-39-34-23)28(29-35-37-38-36-29)42(30-32-14-19-44-30)43(31)25-11-7-16-40-15-4-3-10-24(25)40/h1-5,7-15,17,19-20H,6,16,18H2,(H,35,36,37,38). The van der Waals surface area contributed by atoms with Gasteiger partial charge in [-0.3, -0.25) is 0 Å². The van der Waals surface area contributed by atoms with Gasteiger partial charge in [0.1, 0.15) is 11.4 Å². The van der Waals surface area contributed by atoms with Gasteiger partial charge < -0.3 is 9.80 Å². The molecule has 9 rings (SSSR count). The fourth-order valence-corrected chi connectivity index (χ4v) is 7.61. The first-order valence-electron chi connectivity index (χ1n) is 14.4. The van der Waals surface area contributed by atoms with Crippen molar-refractivity contribution in [2.24, 2.45) is 0 Å². The first kappa shape index (κ1) is 26.0. The molecule has 1 atom stereocenters. The van der Waals surface area contributed by atoms with Gasteiger partial charge in [-0.25, -0.2) is 20.0 Å². The van der Waals surface area contributed by atoms with Crippen LogP contribution in [-0.4, -0.2) is 68.1 Å². The maximum Gasteiger partial charge on any atom is 0.223 e. The number of thiazole rings is 1. The first-order chi connectivity index (χ1) is 22.3. The van der Waals surface area contributed by atoms with E-state index in [1.807, 2.05) is 29.1 Å². The van der Waals surface area contributed by atoms with Crippen LogP contribution in [0.3, 0.4) is 0 Å². The SMILES string of the molecule is C1=CC2=C(N3N(c4nccs4)C(c4nn[nH]n4)=C(c4csnn4)C3(c3ccc4ccccc4n3)N3C=CCC3)C=CCN2C=C1. The lowest BCUT2D eigenvalue weighted by Crippen LogP contribution is -2.58. The number of anilines is 1. The minimum atomic E-state index is -1.07. The van der Waals surface area contributed by atoms with Gasteiger partial charge in [0.05, 0.1) is 28.2 Å². The van der Waals surface area contributed by atoms with Crippen LogP contribution >= 0.6 is 22.9 Å². The molecule has 0 radical (unpaired) electrons. The molecule has 45 heavy (non-hydrogen) atoms. The molecule has 0 spiro atoms. The average molecular weight is 629 g/mol. The highest BCUT2D eigenvalue weighted by molar-refractivity contribution is 7.13. The van der Waals surface area contributed by atoms with E-state index in [4.69, 9.17) is 15.1 Å². The van der Waals surface area contributed by atoms with E-state index in [0.29, 0.717) is 17.2 Å². The summed E-state index contributed by atoms with van der Waals surface area (Å²) >= 11 is 2.83. The van der Waals surface area contributed by atoms with E-state index in [1.54, 1.807) is 0 Å².